The molecule has 2 heteroatoms. The summed E-state index contributed by atoms with van der Waals surface area (Å²) in [5.41, 5.74) is 0. The van der Waals surface area contributed by atoms with Gasteiger partial charge in [-0.25, -0.2) is 0 Å². The third-order valence-electron chi connectivity index (χ3n) is 1.35. The second kappa shape index (κ2) is 4.57. The van der Waals surface area contributed by atoms with E-state index in [2.05, 4.69) is 12.2 Å². The minimum atomic E-state index is 0. The molecule has 0 saturated carbocycles. The lowest BCUT2D eigenvalue weighted by Crippen LogP contribution is -1.92. The van der Waals surface area contributed by atoms with E-state index >= 15 is 0 Å². The Morgan fingerprint density at radius 3 is 2.00 bits per heavy atom. The lowest BCUT2D eigenvalue weighted by Gasteiger charge is -1.87. The molecule has 0 atom stereocenters. The Balaban J connectivity index is 0.000000640. The average molecular weight is 147 g/mol. The molecule has 0 unspecified atom stereocenters. The SMILES string of the molecule is Cl.O=C1CCC=CCC1. The van der Waals surface area contributed by atoms with Gasteiger partial charge in [0.15, 0.2) is 0 Å². The molecule has 0 heterocycles. The molecule has 0 aromatic rings. The summed E-state index contributed by atoms with van der Waals surface area (Å²) in [4.78, 5) is 10.6. The van der Waals surface area contributed by atoms with Crippen LogP contribution in [-0.4, -0.2) is 5.78 Å². The van der Waals surface area contributed by atoms with Crippen LogP contribution in [-0.2, 0) is 4.79 Å². The Labute approximate surface area is 61.5 Å². The molecule has 0 N–H and O–H groups in total. The van der Waals surface area contributed by atoms with Crippen molar-refractivity contribution in [3.63, 3.8) is 0 Å². The van der Waals surface area contributed by atoms with Crippen LogP contribution in [0, 0.1) is 0 Å². The molecule has 1 rings (SSSR count). The highest BCUT2D eigenvalue weighted by atomic mass is 35.5. The number of Topliss-reactive ketones (excluding diaryl/α,β-unsaturated/α-hetero) is 1. The molecular formula is C7H11ClO. The summed E-state index contributed by atoms with van der Waals surface area (Å²) in [6, 6.07) is 0. The molecule has 1 aliphatic carbocycles. The van der Waals surface area contributed by atoms with Gasteiger partial charge in [-0.2, -0.15) is 0 Å². The second-order valence-electron chi connectivity index (χ2n) is 2.09. The number of hydrogen-bond donors (Lipinski definition) is 0. The van der Waals surface area contributed by atoms with Crippen molar-refractivity contribution < 1.29 is 4.79 Å². The first-order valence-electron chi connectivity index (χ1n) is 3.06. The van der Waals surface area contributed by atoms with Crippen LogP contribution in [0.1, 0.15) is 25.7 Å². The maximum absolute atomic E-state index is 10.6. The topological polar surface area (TPSA) is 17.1 Å². The minimum absolute atomic E-state index is 0. The highest BCUT2D eigenvalue weighted by molar-refractivity contribution is 5.85. The van der Waals surface area contributed by atoms with E-state index in [1.165, 1.54) is 0 Å². The number of rotatable bonds is 0. The van der Waals surface area contributed by atoms with E-state index in [0.29, 0.717) is 5.78 Å². The van der Waals surface area contributed by atoms with Crippen molar-refractivity contribution in [3.8, 4) is 0 Å². The number of hydrogen-bond acceptors (Lipinski definition) is 1. The van der Waals surface area contributed by atoms with E-state index in [0.717, 1.165) is 25.7 Å². The van der Waals surface area contributed by atoms with Gasteiger partial charge in [-0.3, -0.25) is 4.79 Å². The molecule has 0 fully saturated rings. The Kier molecular flexibility index (Phi) is 4.41. The predicted octanol–water partition coefficient (Wildman–Crippen LogP) is 2.11. The molecule has 0 aromatic carbocycles. The molecule has 0 radical (unpaired) electrons. The summed E-state index contributed by atoms with van der Waals surface area (Å²) in [5, 5.41) is 0. The van der Waals surface area contributed by atoms with Crippen LogP contribution in [0.15, 0.2) is 12.2 Å². The van der Waals surface area contributed by atoms with Gasteiger partial charge in [0.2, 0.25) is 0 Å². The number of carbonyl (C=O) groups excluding carboxylic acids is 1. The zero-order valence-electron chi connectivity index (χ0n) is 5.30. The van der Waals surface area contributed by atoms with Gasteiger partial charge < -0.3 is 0 Å². The molecule has 0 saturated heterocycles. The average Bonchev–Trinajstić information content (AvgIpc) is 1.94. The molecule has 1 nitrogen and oxygen atoms in total. The summed E-state index contributed by atoms with van der Waals surface area (Å²) in [7, 11) is 0. The molecule has 0 amide bonds. The minimum Gasteiger partial charge on any atom is -0.300 e. The van der Waals surface area contributed by atoms with Crippen LogP contribution in [0.25, 0.3) is 0 Å². The van der Waals surface area contributed by atoms with Crippen molar-refractivity contribution in [3.05, 3.63) is 12.2 Å². The standard InChI is InChI=1S/C7H10O.ClH/c8-7-5-3-1-2-4-6-7;/h1-2H,3-6H2;1H. The monoisotopic (exact) mass is 146 g/mol. The van der Waals surface area contributed by atoms with Gasteiger partial charge in [0.05, 0.1) is 0 Å². The van der Waals surface area contributed by atoms with Gasteiger partial charge in [0, 0.05) is 12.8 Å². The number of carbonyl (C=O) groups is 1. The van der Waals surface area contributed by atoms with Crippen LogP contribution in [0.5, 0.6) is 0 Å². The van der Waals surface area contributed by atoms with E-state index in [4.69, 9.17) is 0 Å². The van der Waals surface area contributed by atoms with E-state index in [-0.39, 0.29) is 12.4 Å². The van der Waals surface area contributed by atoms with Crippen molar-refractivity contribution in [2.24, 2.45) is 0 Å². The first-order valence-corrected chi connectivity index (χ1v) is 3.06. The first-order chi connectivity index (χ1) is 3.89. The molecule has 52 valence electrons. The Morgan fingerprint density at radius 1 is 1.11 bits per heavy atom. The maximum Gasteiger partial charge on any atom is 0.133 e. The van der Waals surface area contributed by atoms with Crippen molar-refractivity contribution in [2.75, 3.05) is 0 Å². The zero-order valence-corrected chi connectivity index (χ0v) is 6.12. The largest absolute Gasteiger partial charge is 0.300 e. The van der Waals surface area contributed by atoms with Crippen LogP contribution in [0.3, 0.4) is 0 Å². The summed E-state index contributed by atoms with van der Waals surface area (Å²) in [6.07, 6.45) is 7.61. The lowest BCUT2D eigenvalue weighted by molar-refractivity contribution is -0.118. The van der Waals surface area contributed by atoms with E-state index in [1.807, 2.05) is 0 Å². The van der Waals surface area contributed by atoms with Gasteiger partial charge in [-0.05, 0) is 12.8 Å². The number of halogens is 1. The molecule has 0 spiro atoms. The quantitative estimate of drug-likeness (QED) is 0.479. The zero-order chi connectivity index (χ0) is 5.82. The fourth-order valence-corrected chi connectivity index (χ4v) is 0.849. The van der Waals surface area contributed by atoms with Crippen molar-refractivity contribution >= 4 is 18.2 Å². The van der Waals surface area contributed by atoms with E-state index < -0.39 is 0 Å². The second-order valence-corrected chi connectivity index (χ2v) is 2.09. The van der Waals surface area contributed by atoms with Crippen LogP contribution < -0.4 is 0 Å². The summed E-state index contributed by atoms with van der Waals surface area (Å²) in [5.74, 6) is 0.412. The van der Waals surface area contributed by atoms with Gasteiger partial charge in [-0.15, -0.1) is 12.4 Å². The third kappa shape index (κ3) is 3.31. The Bertz CT molecular complexity index is 106. The molecular weight excluding hydrogens is 136 g/mol. The van der Waals surface area contributed by atoms with Crippen molar-refractivity contribution in [1.29, 1.82) is 0 Å². The molecule has 0 aliphatic heterocycles. The third-order valence-corrected chi connectivity index (χ3v) is 1.35. The van der Waals surface area contributed by atoms with E-state index in [1.54, 1.807) is 0 Å². The van der Waals surface area contributed by atoms with Gasteiger partial charge >= 0.3 is 0 Å². The Hall–Kier alpha value is -0.300. The molecule has 0 aromatic heterocycles. The smallest absolute Gasteiger partial charge is 0.133 e. The van der Waals surface area contributed by atoms with Gasteiger partial charge in [0.25, 0.3) is 0 Å². The predicted molar refractivity (Wildman–Crippen MR) is 39.9 cm³/mol. The van der Waals surface area contributed by atoms with Crippen LogP contribution in [0.2, 0.25) is 0 Å². The molecule has 0 bridgehead atoms. The summed E-state index contributed by atoms with van der Waals surface area (Å²) >= 11 is 0. The fraction of sp³-hybridized carbons (Fsp3) is 0.571. The summed E-state index contributed by atoms with van der Waals surface area (Å²) < 4.78 is 0. The van der Waals surface area contributed by atoms with Gasteiger partial charge in [-0.1, -0.05) is 12.2 Å². The fourth-order valence-electron chi connectivity index (χ4n) is 0.849. The van der Waals surface area contributed by atoms with E-state index in [9.17, 15) is 4.79 Å². The number of allylic oxidation sites excluding steroid dienone is 2. The van der Waals surface area contributed by atoms with Crippen molar-refractivity contribution in [1.82, 2.24) is 0 Å². The summed E-state index contributed by atoms with van der Waals surface area (Å²) in [6.45, 7) is 0. The Morgan fingerprint density at radius 2 is 1.56 bits per heavy atom. The number of ketones is 1. The lowest BCUT2D eigenvalue weighted by atomic mass is 10.2. The normalized spacial score (nSPS) is 18.4. The first kappa shape index (κ1) is 8.70. The maximum atomic E-state index is 10.6. The highest BCUT2D eigenvalue weighted by Crippen LogP contribution is 2.05. The molecule has 1 aliphatic rings. The van der Waals surface area contributed by atoms with Gasteiger partial charge in [0.1, 0.15) is 5.78 Å². The van der Waals surface area contributed by atoms with Crippen LogP contribution in [0.4, 0.5) is 0 Å². The molecule has 9 heavy (non-hydrogen) atoms. The van der Waals surface area contributed by atoms with Crippen LogP contribution >= 0.6 is 12.4 Å². The highest BCUT2D eigenvalue weighted by Gasteiger charge is 2.00. The van der Waals surface area contributed by atoms with Crippen molar-refractivity contribution in [2.45, 2.75) is 25.7 Å².